The van der Waals surface area contributed by atoms with E-state index in [1.54, 1.807) is 13.8 Å². The van der Waals surface area contributed by atoms with Crippen LogP contribution in [-0.2, 0) is 9.47 Å². The molecule has 0 amide bonds. The fourth-order valence-corrected chi connectivity index (χ4v) is 2.24. The van der Waals surface area contributed by atoms with Gasteiger partial charge in [-0.15, -0.1) is 0 Å². The van der Waals surface area contributed by atoms with Crippen molar-refractivity contribution in [1.82, 2.24) is 9.55 Å². The fourth-order valence-electron chi connectivity index (χ4n) is 2.24. The van der Waals surface area contributed by atoms with Gasteiger partial charge in [0.15, 0.2) is 0 Å². The molecule has 2 heterocycles. The summed E-state index contributed by atoms with van der Waals surface area (Å²) in [6.45, 7) is 2.95. The van der Waals surface area contributed by atoms with Crippen molar-refractivity contribution in [3.8, 4) is 0 Å². The lowest BCUT2D eigenvalue weighted by molar-refractivity contribution is -0.294. The Labute approximate surface area is 114 Å². The fraction of sp³-hybridized carbons (Fsp3) is 0.667. The first-order valence-corrected chi connectivity index (χ1v) is 6.34. The van der Waals surface area contributed by atoms with Gasteiger partial charge in [-0.3, -0.25) is 14.3 Å². The molecule has 112 valence electrons. The summed E-state index contributed by atoms with van der Waals surface area (Å²) in [6.07, 6.45) is -0.831. The molecule has 0 spiro atoms. The first-order valence-electron chi connectivity index (χ1n) is 6.34. The summed E-state index contributed by atoms with van der Waals surface area (Å²) in [5, 5.41) is 19.5. The van der Waals surface area contributed by atoms with Crippen LogP contribution in [0.2, 0.25) is 0 Å². The van der Waals surface area contributed by atoms with Gasteiger partial charge in [-0.2, -0.15) is 0 Å². The number of nitrogens with one attached hydrogen (secondary N) is 1. The van der Waals surface area contributed by atoms with E-state index >= 15 is 0 Å². The molecule has 2 rings (SSSR count). The molecule has 3 unspecified atom stereocenters. The molecule has 8 heteroatoms. The molecule has 0 aliphatic carbocycles. The normalized spacial score (nSPS) is 30.1. The van der Waals surface area contributed by atoms with E-state index in [-0.39, 0.29) is 12.5 Å². The number of aliphatic hydroxyl groups is 2. The molecule has 1 aromatic heterocycles. The Balaban J connectivity index is 2.29. The zero-order valence-corrected chi connectivity index (χ0v) is 11.3. The van der Waals surface area contributed by atoms with Crippen LogP contribution in [0, 0.1) is 0 Å². The number of aromatic nitrogens is 2. The van der Waals surface area contributed by atoms with Gasteiger partial charge in [0.1, 0.15) is 12.3 Å². The van der Waals surface area contributed by atoms with E-state index in [0.717, 1.165) is 4.57 Å². The maximum atomic E-state index is 11.7. The lowest BCUT2D eigenvalue weighted by atomic mass is 10.1. The average molecular weight is 286 g/mol. The Morgan fingerprint density at radius 2 is 2.30 bits per heavy atom. The number of hydrogen-bond donors (Lipinski definition) is 3. The summed E-state index contributed by atoms with van der Waals surface area (Å²) in [4.78, 5) is 24.8. The van der Waals surface area contributed by atoms with Crippen LogP contribution in [0.3, 0.4) is 0 Å². The predicted molar refractivity (Wildman–Crippen MR) is 68.1 cm³/mol. The first-order chi connectivity index (χ1) is 9.38. The molecule has 20 heavy (non-hydrogen) atoms. The van der Waals surface area contributed by atoms with E-state index in [9.17, 15) is 19.8 Å². The van der Waals surface area contributed by atoms with Crippen molar-refractivity contribution >= 4 is 0 Å². The predicted octanol–water partition coefficient (Wildman–Crippen LogP) is -1.07. The van der Waals surface area contributed by atoms with Gasteiger partial charge in [-0.25, -0.2) is 4.79 Å². The second-order valence-corrected chi connectivity index (χ2v) is 4.98. The van der Waals surface area contributed by atoms with Crippen LogP contribution in [0.15, 0.2) is 21.9 Å². The molecule has 1 aromatic rings. The third kappa shape index (κ3) is 2.68. The molecule has 3 N–H and O–H groups in total. The molecule has 1 saturated heterocycles. The number of aliphatic hydroxyl groups excluding tert-OH is 2. The summed E-state index contributed by atoms with van der Waals surface area (Å²) in [5.41, 5.74) is -1.16. The van der Waals surface area contributed by atoms with E-state index in [1.165, 1.54) is 12.3 Å². The number of nitrogens with zero attached hydrogens (tertiary/aromatic N) is 1. The summed E-state index contributed by atoms with van der Waals surface area (Å²) in [6, 6.07) is 1.18. The molecule has 1 aliphatic rings. The maximum absolute atomic E-state index is 11.7. The van der Waals surface area contributed by atoms with Crippen LogP contribution in [-0.4, -0.2) is 44.4 Å². The van der Waals surface area contributed by atoms with Crippen LogP contribution in [0.25, 0.3) is 0 Å². The van der Waals surface area contributed by atoms with Crippen molar-refractivity contribution in [2.45, 2.75) is 44.5 Å². The molecule has 1 fully saturated rings. The van der Waals surface area contributed by atoms with E-state index in [4.69, 9.17) is 9.47 Å². The number of hydrogen-bond acceptors (Lipinski definition) is 6. The van der Waals surface area contributed by atoms with Gasteiger partial charge in [-0.1, -0.05) is 0 Å². The molecule has 3 atom stereocenters. The minimum atomic E-state index is -1.56. The van der Waals surface area contributed by atoms with Crippen LogP contribution in [0.1, 0.15) is 26.5 Å². The van der Waals surface area contributed by atoms with Crippen molar-refractivity contribution < 1.29 is 19.7 Å². The third-order valence-electron chi connectivity index (χ3n) is 3.09. The largest absolute Gasteiger partial charge is 0.391 e. The van der Waals surface area contributed by atoms with Crippen LogP contribution >= 0.6 is 0 Å². The van der Waals surface area contributed by atoms with Crippen LogP contribution < -0.4 is 11.2 Å². The van der Waals surface area contributed by atoms with Crippen molar-refractivity contribution in [1.29, 1.82) is 0 Å². The highest BCUT2D eigenvalue weighted by Gasteiger charge is 2.50. The molecule has 8 nitrogen and oxygen atoms in total. The second-order valence-electron chi connectivity index (χ2n) is 4.98. The first kappa shape index (κ1) is 14.9. The van der Waals surface area contributed by atoms with Crippen LogP contribution in [0.4, 0.5) is 0 Å². The number of rotatable bonds is 4. The molecule has 0 radical (unpaired) electrons. The molecular weight excluding hydrogens is 268 g/mol. The quantitative estimate of drug-likeness (QED) is 0.649. The second kappa shape index (κ2) is 5.49. The van der Waals surface area contributed by atoms with E-state index in [2.05, 4.69) is 4.98 Å². The minimum Gasteiger partial charge on any atom is -0.391 e. The molecule has 1 aliphatic heterocycles. The Morgan fingerprint density at radius 3 is 2.85 bits per heavy atom. The van der Waals surface area contributed by atoms with Gasteiger partial charge in [0, 0.05) is 18.7 Å². The van der Waals surface area contributed by atoms with Gasteiger partial charge in [0.25, 0.3) is 5.56 Å². The van der Waals surface area contributed by atoms with E-state index < -0.39 is 36.0 Å². The van der Waals surface area contributed by atoms with Gasteiger partial charge < -0.3 is 19.7 Å². The maximum Gasteiger partial charge on any atom is 0.330 e. The lowest BCUT2D eigenvalue weighted by Gasteiger charge is -2.31. The Kier molecular flexibility index (Phi) is 4.09. The SMILES string of the molecule is CC(C)OC1(CO)OC(n2ccc(=O)[nH]c2=O)CC1O. The molecule has 0 aromatic carbocycles. The topological polar surface area (TPSA) is 114 Å². The third-order valence-corrected chi connectivity index (χ3v) is 3.09. The summed E-state index contributed by atoms with van der Waals surface area (Å²) in [5.74, 6) is -1.56. The zero-order valence-electron chi connectivity index (χ0n) is 11.3. The molecular formula is C12H18N2O6. The Bertz CT molecular complexity index is 580. The lowest BCUT2D eigenvalue weighted by Crippen LogP contribution is -2.47. The number of H-pyrrole nitrogens is 1. The van der Waals surface area contributed by atoms with Gasteiger partial charge >= 0.3 is 5.69 Å². The van der Waals surface area contributed by atoms with Gasteiger partial charge in [-0.05, 0) is 13.8 Å². The summed E-state index contributed by atoms with van der Waals surface area (Å²) < 4.78 is 12.2. The van der Waals surface area contributed by atoms with Crippen molar-refractivity contribution in [3.63, 3.8) is 0 Å². The Hall–Kier alpha value is -1.48. The minimum absolute atomic E-state index is 0.0687. The highest BCUT2D eigenvalue weighted by Crippen LogP contribution is 2.37. The standard InChI is InChI=1S/C12H18N2O6/c1-7(2)19-12(6-15)8(16)5-10(20-12)14-4-3-9(17)13-11(14)18/h3-4,7-8,10,15-16H,5-6H2,1-2H3,(H,13,17,18). The smallest absolute Gasteiger partial charge is 0.330 e. The average Bonchev–Trinajstić information content (AvgIpc) is 2.66. The molecule has 0 saturated carbocycles. The van der Waals surface area contributed by atoms with Gasteiger partial charge in [0.05, 0.1) is 12.7 Å². The number of ether oxygens (including phenoxy) is 2. The van der Waals surface area contributed by atoms with Crippen LogP contribution in [0.5, 0.6) is 0 Å². The van der Waals surface area contributed by atoms with Gasteiger partial charge in [0.2, 0.25) is 5.79 Å². The summed E-state index contributed by atoms with van der Waals surface area (Å²) >= 11 is 0. The zero-order chi connectivity index (χ0) is 14.9. The molecule has 0 bridgehead atoms. The monoisotopic (exact) mass is 286 g/mol. The summed E-state index contributed by atoms with van der Waals surface area (Å²) in [7, 11) is 0. The number of aromatic amines is 1. The highest BCUT2D eigenvalue weighted by molar-refractivity contribution is 4.92. The van der Waals surface area contributed by atoms with E-state index in [1.807, 2.05) is 0 Å². The van der Waals surface area contributed by atoms with Crippen molar-refractivity contribution in [2.24, 2.45) is 0 Å². The Morgan fingerprint density at radius 1 is 1.60 bits per heavy atom. The van der Waals surface area contributed by atoms with Crippen molar-refractivity contribution in [3.05, 3.63) is 33.1 Å². The van der Waals surface area contributed by atoms with E-state index in [0.29, 0.717) is 0 Å². The van der Waals surface area contributed by atoms with Crippen molar-refractivity contribution in [2.75, 3.05) is 6.61 Å². The highest BCUT2D eigenvalue weighted by atomic mass is 16.7.